The number of amides is 1. The minimum absolute atomic E-state index is 0.0834. The molecular formula is C20H22N2O3. The minimum atomic E-state index is -0.876. The molecule has 3 atom stereocenters. The van der Waals surface area contributed by atoms with Gasteiger partial charge in [0.05, 0.1) is 11.9 Å². The quantitative estimate of drug-likeness (QED) is 0.934. The molecular weight excluding hydrogens is 316 g/mol. The average molecular weight is 338 g/mol. The van der Waals surface area contributed by atoms with Crippen LogP contribution in [0.5, 0.6) is 0 Å². The molecule has 0 radical (unpaired) electrons. The molecule has 2 aromatic rings. The Kier molecular flexibility index (Phi) is 4.15. The van der Waals surface area contributed by atoms with Gasteiger partial charge in [0.25, 0.3) is 0 Å². The first-order chi connectivity index (χ1) is 12.1. The first kappa shape index (κ1) is 16.1. The smallest absolute Gasteiger partial charge is 0.326 e. The van der Waals surface area contributed by atoms with Crippen LogP contribution >= 0.6 is 0 Å². The summed E-state index contributed by atoms with van der Waals surface area (Å²) in [6, 6.07) is 9.08. The molecule has 1 aromatic carbocycles. The van der Waals surface area contributed by atoms with E-state index in [0.717, 1.165) is 42.1 Å². The van der Waals surface area contributed by atoms with E-state index in [0.29, 0.717) is 12.3 Å². The van der Waals surface area contributed by atoms with Gasteiger partial charge in [0.1, 0.15) is 6.04 Å². The number of carbonyl (C=O) groups excluding carboxylic acids is 1. The second-order valence-corrected chi connectivity index (χ2v) is 7.17. The monoisotopic (exact) mass is 338 g/mol. The van der Waals surface area contributed by atoms with Crippen LogP contribution in [0.25, 0.3) is 10.9 Å². The molecule has 1 amide bonds. The van der Waals surface area contributed by atoms with Gasteiger partial charge in [0, 0.05) is 17.6 Å². The molecule has 5 heteroatoms. The molecule has 1 saturated carbocycles. The summed E-state index contributed by atoms with van der Waals surface area (Å²) in [4.78, 5) is 30.9. The van der Waals surface area contributed by atoms with Crippen molar-refractivity contribution in [3.8, 4) is 0 Å². The van der Waals surface area contributed by atoms with Crippen molar-refractivity contribution in [1.82, 2.24) is 9.88 Å². The maximum Gasteiger partial charge on any atom is 0.326 e. The number of aliphatic carboxylic acids is 1. The second kappa shape index (κ2) is 6.47. The third-order valence-corrected chi connectivity index (χ3v) is 5.72. The first-order valence-corrected chi connectivity index (χ1v) is 9.02. The van der Waals surface area contributed by atoms with Crippen LogP contribution < -0.4 is 0 Å². The average Bonchev–Trinajstić information content (AvgIpc) is 3.02. The second-order valence-electron chi connectivity index (χ2n) is 7.17. The van der Waals surface area contributed by atoms with Crippen molar-refractivity contribution < 1.29 is 14.7 Å². The molecule has 0 bridgehead atoms. The summed E-state index contributed by atoms with van der Waals surface area (Å²) < 4.78 is 0. The highest BCUT2D eigenvalue weighted by Crippen LogP contribution is 2.40. The fourth-order valence-corrected chi connectivity index (χ4v) is 4.60. The molecule has 2 heterocycles. The number of carboxylic acid groups (broad SMARTS) is 1. The SMILES string of the molecule is O=C(O)C1CC2CCCCC2N1C(=O)Cc1cccc2cccnc12. The van der Waals surface area contributed by atoms with E-state index < -0.39 is 12.0 Å². The van der Waals surface area contributed by atoms with Gasteiger partial charge in [-0.15, -0.1) is 0 Å². The van der Waals surface area contributed by atoms with Gasteiger partial charge in [-0.25, -0.2) is 4.79 Å². The predicted molar refractivity (Wildman–Crippen MR) is 94.1 cm³/mol. The Bertz CT molecular complexity index is 814. The number of benzene rings is 1. The zero-order valence-corrected chi connectivity index (χ0v) is 14.1. The van der Waals surface area contributed by atoms with Crippen LogP contribution in [0.2, 0.25) is 0 Å². The zero-order valence-electron chi connectivity index (χ0n) is 14.1. The molecule has 0 spiro atoms. The molecule has 1 aliphatic heterocycles. The van der Waals surface area contributed by atoms with Gasteiger partial charge in [-0.1, -0.05) is 37.1 Å². The number of hydrogen-bond donors (Lipinski definition) is 1. The number of nitrogens with zero attached hydrogens (tertiary/aromatic N) is 2. The van der Waals surface area contributed by atoms with Gasteiger partial charge in [-0.3, -0.25) is 9.78 Å². The number of carboxylic acids is 1. The largest absolute Gasteiger partial charge is 0.480 e. The Hall–Kier alpha value is -2.43. The summed E-state index contributed by atoms with van der Waals surface area (Å²) in [6.07, 6.45) is 6.71. The number of rotatable bonds is 3. The maximum atomic E-state index is 13.1. The molecule has 2 aliphatic rings. The van der Waals surface area contributed by atoms with Crippen molar-refractivity contribution in [2.24, 2.45) is 5.92 Å². The highest BCUT2D eigenvalue weighted by Gasteiger charge is 2.47. The van der Waals surface area contributed by atoms with Crippen LogP contribution in [0.15, 0.2) is 36.5 Å². The minimum Gasteiger partial charge on any atom is -0.480 e. The topological polar surface area (TPSA) is 70.5 Å². The summed E-state index contributed by atoms with van der Waals surface area (Å²) in [5.41, 5.74) is 1.69. The van der Waals surface area contributed by atoms with Crippen LogP contribution in [0.1, 0.15) is 37.7 Å². The Morgan fingerprint density at radius 2 is 1.96 bits per heavy atom. The number of hydrogen-bond acceptors (Lipinski definition) is 3. The Morgan fingerprint density at radius 1 is 1.16 bits per heavy atom. The molecule has 1 N–H and O–H groups in total. The summed E-state index contributed by atoms with van der Waals surface area (Å²) in [5, 5.41) is 10.6. The van der Waals surface area contributed by atoms with Crippen molar-refractivity contribution in [3.63, 3.8) is 0 Å². The van der Waals surface area contributed by atoms with Crippen molar-refractivity contribution >= 4 is 22.8 Å². The maximum absolute atomic E-state index is 13.1. The third-order valence-electron chi connectivity index (χ3n) is 5.72. The van der Waals surface area contributed by atoms with Crippen LogP contribution in [0.4, 0.5) is 0 Å². The molecule has 5 nitrogen and oxygen atoms in total. The van der Waals surface area contributed by atoms with Crippen molar-refractivity contribution in [3.05, 3.63) is 42.1 Å². The number of fused-ring (bicyclic) bond motifs is 2. The van der Waals surface area contributed by atoms with E-state index in [-0.39, 0.29) is 18.4 Å². The summed E-state index contributed by atoms with van der Waals surface area (Å²) >= 11 is 0. The van der Waals surface area contributed by atoms with Gasteiger partial charge in [-0.2, -0.15) is 0 Å². The fourth-order valence-electron chi connectivity index (χ4n) is 4.60. The van der Waals surface area contributed by atoms with Crippen LogP contribution in [-0.4, -0.2) is 39.0 Å². The Labute approximate surface area is 146 Å². The molecule has 130 valence electrons. The van der Waals surface area contributed by atoms with E-state index in [1.165, 1.54) is 0 Å². The van der Waals surface area contributed by atoms with Crippen molar-refractivity contribution in [1.29, 1.82) is 0 Å². The molecule has 3 unspecified atom stereocenters. The molecule has 1 aliphatic carbocycles. The van der Waals surface area contributed by atoms with Crippen LogP contribution in [0, 0.1) is 5.92 Å². The zero-order chi connectivity index (χ0) is 17.4. The molecule has 4 rings (SSSR count). The van der Waals surface area contributed by atoms with E-state index >= 15 is 0 Å². The normalized spacial score (nSPS) is 25.8. The lowest BCUT2D eigenvalue weighted by Crippen LogP contribution is -2.46. The lowest BCUT2D eigenvalue weighted by Gasteiger charge is -2.33. The first-order valence-electron chi connectivity index (χ1n) is 9.02. The van der Waals surface area contributed by atoms with E-state index in [9.17, 15) is 14.7 Å². The summed E-state index contributed by atoms with van der Waals surface area (Å²) in [7, 11) is 0. The molecule has 25 heavy (non-hydrogen) atoms. The van der Waals surface area contributed by atoms with Gasteiger partial charge >= 0.3 is 5.97 Å². The Balaban J connectivity index is 1.63. The lowest BCUT2D eigenvalue weighted by atomic mass is 9.84. The number of pyridine rings is 1. The number of likely N-dealkylation sites (tertiary alicyclic amines) is 1. The standard InChI is InChI=1S/C20H22N2O3/c23-18(12-15-7-3-6-13-8-4-10-21-19(13)15)22-16-9-2-1-5-14(16)11-17(22)20(24)25/h3-4,6-8,10,14,16-17H,1-2,5,9,11-12H2,(H,24,25). The van der Waals surface area contributed by atoms with Crippen molar-refractivity contribution in [2.75, 3.05) is 0 Å². The highest BCUT2D eigenvalue weighted by molar-refractivity contribution is 5.90. The van der Waals surface area contributed by atoms with Gasteiger partial charge < -0.3 is 10.0 Å². The number of aromatic nitrogens is 1. The summed E-state index contributed by atoms with van der Waals surface area (Å²) in [6.45, 7) is 0. The van der Waals surface area contributed by atoms with Crippen LogP contribution in [0.3, 0.4) is 0 Å². The third kappa shape index (κ3) is 2.88. The molecule has 1 aromatic heterocycles. The number of para-hydroxylation sites is 1. The highest BCUT2D eigenvalue weighted by atomic mass is 16.4. The number of carbonyl (C=O) groups is 2. The van der Waals surface area contributed by atoms with Gasteiger partial charge in [0.15, 0.2) is 0 Å². The van der Waals surface area contributed by atoms with Crippen LogP contribution in [-0.2, 0) is 16.0 Å². The van der Waals surface area contributed by atoms with E-state index in [1.807, 2.05) is 30.3 Å². The fraction of sp³-hybridized carbons (Fsp3) is 0.450. The van der Waals surface area contributed by atoms with Crippen molar-refractivity contribution in [2.45, 2.75) is 50.6 Å². The Morgan fingerprint density at radius 3 is 2.80 bits per heavy atom. The van der Waals surface area contributed by atoms with E-state index in [2.05, 4.69) is 4.98 Å². The predicted octanol–water partition coefficient (Wildman–Crippen LogP) is 3.02. The van der Waals surface area contributed by atoms with Gasteiger partial charge in [-0.05, 0) is 36.8 Å². The molecule has 2 fully saturated rings. The molecule has 1 saturated heterocycles. The van der Waals surface area contributed by atoms with Gasteiger partial charge in [0.2, 0.25) is 5.91 Å². The lowest BCUT2D eigenvalue weighted by molar-refractivity contribution is -0.149. The van der Waals surface area contributed by atoms with E-state index in [1.54, 1.807) is 11.1 Å². The van der Waals surface area contributed by atoms with E-state index in [4.69, 9.17) is 0 Å². The summed E-state index contributed by atoms with van der Waals surface area (Å²) in [5.74, 6) is -0.622.